The maximum absolute atomic E-state index is 12.0. The van der Waals surface area contributed by atoms with Gasteiger partial charge in [-0.25, -0.2) is 0 Å². The van der Waals surface area contributed by atoms with E-state index in [-0.39, 0.29) is 24.4 Å². The molecular formula is C12H16ClIN2O. The Labute approximate surface area is 121 Å². The number of benzene rings is 1. The molecule has 1 fully saturated rings. The number of halogens is 2. The van der Waals surface area contributed by atoms with E-state index in [4.69, 9.17) is 0 Å². The number of nitrogens with one attached hydrogen (secondary N) is 2. The number of hydrogen-bond acceptors (Lipinski definition) is 2. The number of hydrogen-bond donors (Lipinski definition) is 2. The first-order valence-electron chi connectivity index (χ1n) is 5.45. The second kappa shape index (κ2) is 6.56. The van der Waals surface area contributed by atoms with E-state index in [1.807, 2.05) is 25.1 Å². The number of rotatable bonds is 2. The van der Waals surface area contributed by atoms with Crippen LogP contribution < -0.4 is 10.6 Å². The van der Waals surface area contributed by atoms with Crippen molar-refractivity contribution in [2.45, 2.75) is 19.4 Å². The molecule has 3 nitrogen and oxygen atoms in total. The maximum atomic E-state index is 12.0. The van der Waals surface area contributed by atoms with Gasteiger partial charge >= 0.3 is 0 Å². The molecule has 1 aliphatic heterocycles. The van der Waals surface area contributed by atoms with Crippen molar-refractivity contribution in [3.63, 3.8) is 0 Å². The van der Waals surface area contributed by atoms with E-state index in [1.165, 1.54) is 0 Å². The van der Waals surface area contributed by atoms with E-state index >= 15 is 0 Å². The van der Waals surface area contributed by atoms with Crippen LogP contribution in [0.5, 0.6) is 0 Å². The van der Waals surface area contributed by atoms with Gasteiger partial charge in [0.2, 0.25) is 0 Å². The zero-order chi connectivity index (χ0) is 11.5. The normalized spacial score (nSPS) is 18.6. The topological polar surface area (TPSA) is 41.1 Å². The van der Waals surface area contributed by atoms with E-state index < -0.39 is 0 Å². The minimum atomic E-state index is 0. The minimum Gasteiger partial charge on any atom is -0.348 e. The van der Waals surface area contributed by atoms with Crippen LogP contribution in [0, 0.1) is 10.5 Å². The Morgan fingerprint density at radius 1 is 1.53 bits per heavy atom. The van der Waals surface area contributed by atoms with Crippen molar-refractivity contribution in [3.8, 4) is 0 Å². The number of carbonyl (C=O) groups excluding carboxylic acids is 1. The van der Waals surface area contributed by atoms with E-state index in [0.717, 1.165) is 34.2 Å². The minimum absolute atomic E-state index is 0. The lowest BCUT2D eigenvalue weighted by Gasteiger charge is -2.13. The van der Waals surface area contributed by atoms with Crippen LogP contribution >= 0.6 is 35.0 Å². The molecule has 1 amide bonds. The van der Waals surface area contributed by atoms with Crippen LogP contribution in [0.15, 0.2) is 18.2 Å². The van der Waals surface area contributed by atoms with E-state index in [2.05, 4.69) is 33.2 Å². The maximum Gasteiger partial charge on any atom is 0.251 e. The summed E-state index contributed by atoms with van der Waals surface area (Å²) in [6.07, 6.45) is 1.02. The summed E-state index contributed by atoms with van der Waals surface area (Å²) < 4.78 is 1.13. The summed E-state index contributed by atoms with van der Waals surface area (Å²) in [5.74, 6) is 0.0460. The highest BCUT2D eigenvalue weighted by molar-refractivity contribution is 14.1. The third-order valence-electron chi connectivity index (χ3n) is 2.91. The lowest BCUT2D eigenvalue weighted by molar-refractivity contribution is 0.0939. The number of carbonyl (C=O) groups is 1. The molecule has 0 saturated carbocycles. The smallest absolute Gasteiger partial charge is 0.251 e. The highest BCUT2D eigenvalue weighted by Gasteiger charge is 2.18. The Kier molecular flexibility index (Phi) is 5.69. The molecule has 1 atom stereocenters. The summed E-state index contributed by atoms with van der Waals surface area (Å²) in [4.78, 5) is 12.0. The third kappa shape index (κ3) is 3.56. The Balaban J connectivity index is 0.00000144. The van der Waals surface area contributed by atoms with Gasteiger partial charge < -0.3 is 10.6 Å². The summed E-state index contributed by atoms with van der Waals surface area (Å²) in [6.45, 7) is 3.87. The lowest BCUT2D eigenvalue weighted by Crippen LogP contribution is -2.36. The zero-order valence-corrected chi connectivity index (χ0v) is 12.6. The van der Waals surface area contributed by atoms with Crippen LogP contribution in [0.2, 0.25) is 0 Å². The van der Waals surface area contributed by atoms with Crippen LogP contribution in [0.1, 0.15) is 22.3 Å². The van der Waals surface area contributed by atoms with Gasteiger partial charge in [0.25, 0.3) is 5.91 Å². The summed E-state index contributed by atoms with van der Waals surface area (Å²) in [5, 5.41) is 6.30. The van der Waals surface area contributed by atoms with Gasteiger partial charge in [-0.3, -0.25) is 4.79 Å². The quantitative estimate of drug-likeness (QED) is 0.787. The molecule has 5 heteroatoms. The average Bonchev–Trinajstić information content (AvgIpc) is 2.74. The van der Waals surface area contributed by atoms with Crippen LogP contribution in [0.4, 0.5) is 0 Å². The molecule has 1 unspecified atom stereocenters. The molecule has 0 aromatic heterocycles. The van der Waals surface area contributed by atoms with Gasteiger partial charge in [-0.2, -0.15) is 0 Å². The molecule has 94 valence electrons. The average molecular weight is 367 g/mol. The molecule has 2 N–H and O–H groups in total. The van der Waals surface area contributed by atoms with Gasteiger partial charge in [0.05, 0.1) is 0 Å². The van der Waals surface area contributed by atoms with Gasteiger partial charge in [-0.15, -0.1) is 12.4 Å². The predicted octanol–water partition coefficient (Wildman–Crippen LogP) is 2.11. The summed E-state index contributed by atoms with van der Waals surface area (Å²) in [6, 6.07) is 6.11. The second-order valence-electron chi connectivity index (χ2n) is 4.08. The van der Waals surface area contributed by atoms with E-state index in [1.54, 1.807) is 0 Å². The Hall–Kier alpha value is -0.330. The van der Waals surface area contributed by atoms with Gasteiger partial charge in [0.1, 0.15) is 0 Å². The zero-order valence-electron chi connectivity index (χ0n) is 9.63. The molecule has 1 aromatic carbocycles. The fraction of sp³-hybridized carbons (Fsp3) is 0.417. The summed E-state index contributed by atoms with van der Waals surface area (Å²) in [7, 11) is 0. The van der Waals surface area contributed by atoms with E-state index in [0.29, 0.717) is 0 Å². The fourth-order valence-corrected chi connectivity index (χ4v) is 2.39. The Bertz CT molecular complexity index is 405. The van der Waals surface area contributed by atoms with Crippen molar-refractivity contribution >= 4 is 40.9 Å². The molecule has 1 aliphatic rings. The first kappa shape index (κ1) is 14.7. The predicted molar refractivity (Wildman–Crippen MR) is 79.9 cm³/mol. The second-order valence-corrected chi connectivity index (χ2v) is 5.24. The van der Waals surface area contributed by atoms with Crippen molar-refractivity contribution < 1.29 is 4.79 Å². The fourth-order valence-electron chi connectivity index (χ4n) is 1.89. The van der Waals surface area contributed by atoms with Crippen LogP contribution in [-0.4, -0.2) is 25.0 Å². The Morgan fingerprint density at radius 2 is 2.29 bits per heavy atom. The van der Waals surface area contributed by atoms with Crippen molar-refractivity contribution in [2.75, 3.05) is 13.1 Å². The van der Waals surface area contributed by atoms with Gasteiger partial charge in [-0.1, -0.05) is 6.07 Å². The standard InChI is InChI=1S/C12H15IN2O.ClH/c1-8-10(3-2-4-11(8)13)12(16)15-9-5-6-14-7-9;/h2-4,9,14H,5-7H2,1H3,(H,15,16);1H. The van der Waals surface area contributed by atoms with Crippen LogP contribution in [-0.2, 0) is 0 Å². The van der Waals surface area contributed by atoms with Crippen molar-refractivity contribution in [2.24, 2.45) is 0 Å². The molecule has 2 rings (SSSR count). The molecule has 0 bridgehead atoms. The summed E-state index contributed by atoms with van der Waals surface area (Å²) in [5.41, 5.74) is 1.85. The highest BCUT2D eigenvalue weighted by Crippen LogP contribution is 2.16. The lowest BCUT2D eigenvalue weighted by atomic mass is 10.1. The van der Waals surface area contributed by atoms with E-state index in [9.17, 15) is 4.79 Å². The largest absolute Gasteiger partial charge is 0.348 e. The third-order valence-corrected chi connectivity index (χ3v) is 4.08. The molecule has 1 saturated heterocycles. The molecule has 0 spiro atoms. The highest BCUT2D eigenvalue weighted by atomic mass is 127. The van der Waals surface area contributed by atoms with Crippen molar-refractivity contribution in [3.05, 3.63) is 32.9 Å². The van der Waals surface area contributed by atoms with Gasteiger partial charge in [-0.05, 0) is 60.2 Å². The Morgan fingerprint density at radius 3 is 2.94 bits per heavy atom. The molecule has 1 aromatic rings. The van der Waals surface area contributed by atoms with Crippen LogP contribution in [0.25, 0.3) is 0 Å². The first-order valence-corrected chi connectivity index (χ1v) is 6.53. The van der Waals surface area contributed by atoms with Gasteiger partial charge in [0.15, 0.2) is 0 Å². The summed E-state index contributed by atoms with van der Waals surface area (Å²) >= 11 is 2.26. The molecule has 17 heavy (non-hydrogen) atoms. The van der Waals surface area contributed by atoms with Gasteiger partial charge in [0, 0.05) is 21.7 Å². The molecule has 0 aliphatic carbocycles. The molecule has 1 heterocycles. The SMILES string of the molecule is Cc1c(I)cccc1C(=O)NC1CCNC1.Cl. The number of amides is 1. The molecular weight excluding hydrogens is 351 g/mol. The monoisotopic (exact) mass is 366 g/mol. The van der Waals surface area contributed by atoms with Crippen LogP contribution in [0.3, 0.4) is 0 Å². The molecule has 0 radical (unpaired) electrons. The van der Waals surface area contributed by atoms with Crippen molar-refractivity contribution in [1.82, 2.24) is 10.6 Å². The first-order chi connectivity index (χ1) is 7.68. The van der Waals surface area contributed by atoms with Crippen molar-refractivity contribution in [1.29, 1.82) is 0 Å².